The fourth-order valence-electron chi connectivity index (χ4n) is 2.83. The molecule has 0 heterocycles. The Hall–Kier alpha value is -1.11. The zero-order chi connectivity index (χ0) is 16.0. The molecule has 1 aromatic rings. The van der Waals surface area contributed by atoms with Gasteiger partial charge in [-0.3, -0.25) is 0 Å². The van der Waals surface area contributed by atoms with E-state index < -0.39 is 0 Å². The van der Waals surface area contributed by atoms with Crippen LogP contribution in [0.3, 0.4) is 0 Å². The van der Waals surface area contributed by atoms with Crippen LogP contribution < -0.4 is 4.46 Å². The second-order valence-corrected chi connectivity index (χ2v) is 9.20. The van der Waals surface area contributed by atoms with Gasteiger partial charge in [0, 0.05) is 0 Å². The van der Waals surface area contributed by atoms with E-state index in [1.165, 1.54) is 12.8 Å². The predicted molar refractivity (Wildman–Crippen MR) is 95.5 cm³/mol. The van der Waals surface area contributed by atoms with E-state index >= 15 is 0 Å². The van der Waals surface area contributed by atoms with Gasteiger partial charge in [-0.1, -0.05) is 0 Å². The first-order valence-electron chi connectivity index (χ1n) is 8.09. The average molecular weight is 361 g/mol. The molecule has 0 spiro atoms. The van der Waals surface area contributed by atoms with Crippen LogP contribution in [0.25, 0.3) is 0 Å². The van der Waals surface area contributed by atoms with Crippen molar-refractivity contribution in [3.8, 4) is 0 Å². The standard InChI is InChI=1S/C20H26OSe/c1-16(17-13-14-20(2,3)15-17)9-7-8-12-19(21)22-18-10-5-4-6-11-18/h4-6,8,10-13,16H,7,9,14-15H2,1-3H3/b12-8+. The van der Waals surface area contributed by atoms with Gasteiger partial charge in [0.1, 0.15) is 0 Å². The predicted octanol–water partition coefficient (Wildman–Crippen LogP) is 4.26. The second kappa shape index (κ2) is 7.94. The van der Waals surface area contributed by atoms with Crippen molar-refractivity contribution in [1.82, 2.24) is 0 Å². The number of rotatable bonds is 7. The molecule has 0 N–H and O–H groups in total. The SMILES string of the molecule is CC(CC/C=C/C(=O)[Se]c1ccccc1)C1=CCC(C)(C)C1. The third-order valence-electron chi connectivity index (χ3n) is 4.21. The van der Waals surface area contributed by atoms with Crippen LogP contribution in [0.5, 0.6) is 0 Å². The average Bonchev–Trinajstić information content (AvgIpc) is 2.85. The van der Waals surface area contributed by atoms with Crippen LogP contribution in [0.4, 0.5) is 0 Å². The van der Waals surface area contributed by atoms with Gasteiger partial charge in [0.25, 0.3) is 0 Å². The summed E-state index contributed by atoms with van der Waals surface area (Å²) in [4.78, 5) is 11.9. The van der Waals surface area contributed by atoms with E-state index in [4.69, 9.17) is 0 Å². The Morgan fingerprint density at radius 3 is 2.68 bits per heavy atom. The van der Waals surface area contributed by atoms with Gasteiger partial charge in [-0.05, 0) is 0 Å². The van der Waals surface area contributed by atoms with Crippen molar-refractivity contribution in [3.63, 3.8) is 0 Å². The minimum absolute atomic E-state index is 0.0820. The summed E-state index contributed by atoms with van der Waals surface area (Å²) in [7, 11) is 0. The summed E-state index contributed by atoms with van der Waals surface area (Å²) in [5.74, 6) is 0.640. The zero-order valence-corrected chi connectivity index (χ0v) is 15.6. The Labute approximate surface area is 141 Å². The van der Waals surface area contributed by atoms with Gasteiger partial charge in [0.2, 0.25) is 0 Å². The van der Waals surface area contributed by atoms with Gasteiger partial charge in [0.15, 0.2) is 0 Å². The summed E-state index contributed by atoms with van der Waals surface area (Å²) >= 11 is -0.0820. The second-order valence-electron chi connectivity index (χ2n) is 6.94. The van der Waals surface area contributed by atoms with Crippen molar-refractivity contribution in [2.45, 2.75) is 46.5 Å². The summed E-state index contributed by atoms with van der Waals surface area (Å²) in [6, 6.07) is 10.0. The first-order valence-corrected chi connectivity index (χ1v) is 9.80. The normalized spacial score (nSPS) is 18.4. The molecule has 0 aromatic heterocycles. The molecule has 0 amide bonds. The van der Waals surface area contributed by atoms with Crippen molar-refractivity contribution in [2.24, 2.45) is 11.3 Å². The van der Waals surface area contributed by atoms with E-state index in [0.29, 0.717) is 11.3 Å². The molecular formula is C20H26OSe. The summed E-state index contributed by atoms with van der Waals surface area (Å²) in [5.41, 5.74) is 2.06. The van der Waals surface area contributed by atoms with Crippen molar-refractivity contribution >= 4 is 24.1 Å². The molecule has 0 bridgehead atoms. The molecule has 1 atom stereocenters. The van der Waals surface area contributed by atoms with Crippen molar-refractivity contribution in [3.05, 3.63) is 54.1 Å². The Morgan fingerprint density at radius 2 is 2.05 bits per heavy atom. The quantitative estimate of drug-likeness (QED) is 0.403. The molecular weight excluding hydrogens is 335 g/mol. The Bertz CT molecular complexity index is 554. The molecule has 0 aliphatic heterocycles. The molecule has 0 radical (unpaired) electrons. The molecule has 1 aromatic carbocycles. The van der Waals surface area contributed by atoms with Crippen LogP contribution in [-0.2, 0) is 4.79 Å². The monoisotopic (exact) mass is 362 g/mol. The molecule has 0 saturated carbocycles. The molecule has 118 valence electrons. The molecule has 1 unspecified atom stereocenters. The van der Waals surface area contributed by atoms with Crippen LogP contribution in [0, 0.1) is 11.3 Å². The van der Waals surface area contributed by atoms with E-state index in [-0.39, 0.29) is 19.6 Å². The van der Waals surface area contributed by atoms with Crippen LogP contribution in [0.15, 0.2) is 54.1 Å². The van der Waals surface area contributed by atoms with Crippen molar-refractivity contribution in [1.29, 1.82) is 0 Å². The molecule has 0 fully saturated rings. The van der Waals surface area contributed by atoms with E-state index in [9.17, 15) is 4.79 Å². The van der Waals surface area contributed by atoms with Gasteiger partial charge in [0.05, 0.1) is 0 Å². The fraction of sp³-hybridized carbons (Fsp3) is 0.450. The molecule has 1 aliphatic carbocycles. The topological polar surface area (TPSA) is 17.1 Å². The van der Waals surface area contributed by atoms with E-state index in [1.807, 2.05) is 30.3 Å². The number of allylic oxidation sites excluding steroid dienone is 4. The molecule has 1 aliphatic rings. The molecule has 1 nitrogen and oxygen atoms in total. The summed E-state index contributed by atoms with van der Waals surface area (Å²) in [6.07, 6.45) is 10.9. The Morgan fingerprint density at radius 1 is 1.32 bits per heavy atom. The van der Waals surface area contributed by atoms with Gasteiger partial charge in [-0.2, -0.15) is 0 Å². The van der Waals surface area contributed by atoms with Gasteiger partial charge in [-0.15, -0.1) is 0 Å². The number of carbonyl (C=O) groups excluding carboxylic acids is 1. The Balaban J connectivity index is 1.71. The van der Waals surface area contributed by atoms with Gasteiger partial charge < -0.3 is 0 Å². The maximum atomic E-state index is 11.9. The van der Waals surface area contributed by atoms with Gasteiger partial charge >= 0.3 is 141 Å². The third kappa shape index (κ3) is 5.59. The molecule has 22 heavy (non-hydrogen) atoms. The van der Waals surface area contributed by atoms with Crippen LogP contribution in [-0.4, -0.2) is 19.6 Å². The summed E-state index contributed by atoms with van der Waals surface area (Å²) in [6.45, 7) is 7.00. The Kier molecular flexibility index (Phi) is 6.23. The van der Waals surface area contributed by atoms with Crippen molar-refractivity contribution in [2.75, 3.05) is 0 Å². The van der Waals surface area contributed by atoms with E-state index in [1.54, 1.807) is 11.6 Å². The fourth-order valence-corrected chi connectivity index (χ4v) is 4.28. The minimum atomic E-state index is -0.0820. The number of benzene rings is 1. The number of carbonyl (C=O) groups is 1. The van der Waals surface area contributed by atoms with Crippen molar-refractivity contribution < 1.29 is 4.79 Å². The third-order valence-corrected chi connectivity index (χ3v) is 5.99. The number of hydrogen-bond acceptors (Lipinski definition) is 1. The first-order chi connectivity index (χ1) is 10.5. The van der Waals surface area contributed by atoms with Crippen LogP contribution in [0.2, 0.25) is 0 Å². The molecule has 0 saturated heterocycles. The first kappa shape index (κ1) is 17.2. The van der Waals surface area contributed by atoms with Gasteiger partial charge in [-0.25, -0.2) is 0 Å². The molecule has 2 rings (SSSR count). The van der Waals surface area contributed by atoms with E-state index in [0.717, 1.165) is 17.3 Å². The zero-order valence-electron chi connectivity index (χ0n) is 13.8. The number of hydrogen-bond donors (Lipinski definition) is 0. The van der Waals surface area contributed by atoms with E-state index in [2.05, 4.69) is 32.9 Å². The summed E-state index contributed by atoms with van der Waals surface area (Å²) < 4.78 is 1.41. The van der Waals surface area contributed by atoms with Crippen LogP contribution in [0.1, 0.15) is 46.5 Å². The summed E-state index contributed by atoms with van der Waals surface area (Å²) in [5, 5.41) is 0. The maximum absolute atomic E-state index is 11.9. The molecule has 2 heteroatoms. The van der Waals surface area contributed by atoms with Crippen LogP contribution >= 0.6 is 0 Å².